The Bertz CT molecular complexity index is 631. The molecule has 1 aromatic carbocycles. The van der Waals surface area contributed by atoms with E-state index < -0.39 is 5.82 Å². The number of rotatable bonds is 5. The lowest BCUT2D eigenvalue weighted by Gasteiger charge is -2.22. The predicted octanol–water partition coefficient (Wildman–Crippen LogP) is 1.99. The van der Waals surface area contributed by atoms with Gasteiger partial charge in [-0.1, -0.05) is 17.3 Å². The molecule has 0 radical (unpaired) electrons. The number of aromatic nitrogens is 1. The van der Waals surface area contributed by atoms with E-state index in [4.69, 9.17) is 10.9 Å². The van der Waals surface area contributed by atoms with Crippen molar-refractivity contribution in [2.24, 2.45) is 10.9 Å². The first kappa shape index (κ1) is 14.8. The van der Waals surface area contributed by atoms with Gasteiger partial charge in [-0.3, -0.25) is 4.98 Å². The predicted molar refractivity (Wildman–Crippen MR) is 80.1 cm³/mol. The van der Waals surface area contributed by atoms with Crippen molar-refractivity contribution in [2.75, 3.05) is 18.5 Å². The zero-order chi connectivity index (χ0) is 15.2. The van der Waals surface area contributed by atoms with E-state index in [2.05, 4.69) is 10.1 Å². The van der Waals surface area contributed by atoms with Gasteiger partial charge in [0.15, 0.2) is 5.84 Å². The maximum Gasteiger partial charge on any atom is 0.175 e. The molecule has 1 aromatic heterocycles. The number of anilines is 1. The quantitative estimate of drug-likeness (QED) is 0.382. The lowest BCUT2D eigenvalue weighted by atomic mass is 10.1. The van der Waals surface area contributed by atoms with Crippen molar-refractivity contribution in [3.8, 4) is 0 Å². The lowest BCUT2D eigenvalue weighted by molar-refractivity contribution is 0.318. The second kappa shape index (κ2) is 6.69. The van der Waals surface area contributed by atoms with Crippen LogP contribution in [0.2, 0.25) is 0 Å². The first-order valence-electron chi connectivity index (χ1n) is 6.51. The summed E-state index contributed by atoms with van der Waals surface area (Å²) in [5.41, 5.74) is 7.18. The summed E-state index contributed by atoms with van der Waals surface area (Å²) in [7, 11) is 1.83. The lowest BCUT2D eigenvalue weighted by Crippen LogP contribution is -2.26. The molecule has 0 spiro atoms. The number of hydrogen-bond acceptors (Lipinski definition) is 4. The number of hydrogen-bond donors (Lipinski definition) is 2. The van der Waals surface area contributed by atoms with Gasteiger partial charge in [0, 0.05) is 31.9 Å². The number of halogens is 1. The summed E-state index contributed by atoms with van der Waals surface area (Å²) in [5, 5.41) is 11.7. The Hall–Kier alpha value is -2.63. The molecule has 5 nitrogen and oxygen atoms in total. The molecular formula is C15H17FN4O. The minimum Gasteiger partial charge on any atom is -0.409 e. The number of oxime groups is 1. The van der Waals surface area contributed by atoms with Gasteiger partial charge in [0.1, 0.15) is 5.82 Å². The normalized spacial score (nSPS) is 11.4. The Labute approximate surface area is 122 Å². The third kappa shape index (κ3) is 3.47. The molecule has 0 unspecified atom stereocenters. The minimum absolute atomic E-state index is 0.100. The second-order valence-corrected chi connectivity index (χ2v) is 4.61. The molecule has 0 aliphatic heterocycles. The van der Waals surface area contributed by atoms with Crippen LogP contribution < -0.4 is 10.6 Å². The molecule has 0 aliphatic carbocycles. The van der Waals surface area contributed by atoms with E-state index in [0.717, 1.165) is 5.69 Å². The van der Waals surface area contributed by atoms with Gasteiger partial charge in [0.2, 0.25) is 0 Å². The molecule has 0 saturated carbocycles. The number of benzene rings is 1. The van der Waals surface area contributed by atoms with Crippen molar-refractivity contribution in [1.82, 2.24) is 4.98 Å². The zero-order valence-corrected chi connectivity index (χ0v) is 11.7. The molecule has 1 heterocycles. The molecule has 0 aliphatic rings. The highest BCUT2D eigenvalue weighted by atomic mass is 19.1. The molecule has 0 fully saturated rings. The van der Waals surface area contributed by atoms with Crippen LogP contribution in [0.25, 0.3) is 0 Å². The third-order valence-corrected chi connectivity index (χ3v) is 3.20. The van der Waals surface area contributed by atoms with Crippen LogP contribution in [-0.4, -0.2) is 29.6 Å². The van der Waals surface area contributed by atoms with E-state index in [9.17, 15) is 4.39 Å². The first-order valence-corrected chi connectivity index (χ1v) is 6.51. The average molecular weight is 288 g/mol. The maximum absolute atomic E-state index is 13.9. The van der Waals surface area contributed by atoms with E-state index in [-0.39, 0.29) is 11.4 Å². The zero-order valence-electron chi connectivity index (χ0n) is 11.7. The van der Waals surface area contributed by atoms with Gasteiger partial charge in [-0.2, -0.15) is 0 Å². The van der Waals surface area contributed by atoms with Crippen LogP contribution in [0.1, 0.15) is 11.3 Å². The highest BCUT2D eigenvalue weighted by Crippen LogP contribution is 2.22. The van der Waals surface area contributed by atoms with Gasteiger partial charge in [-0.15, -0.1) is 0 Å². The van der Waals surface area contributed by atoms with E-state index in [1.165, 1.54) is 6.07 Å². The van der Waals surface area contributed by atoms with Gasteiger partial charge < -0.3 is 15.8 Å². The number of amidine groups is 1. The molecule has 2 rings (SSSR count). The molecule has 0 bridgehead atoms. The van der Waals surface area contributed by atoms with Crippen molar-refractivity contribution in [2.45, 2.75) is 6.42 Å². The molecule has 3 N–H and O–H groups in total. The number of nitrogens with zero attached hydrogens (tertiary/aromatic N) is 3. The standard InChI is InChI=1S/C15H17FN4O/c1-20(10-8-11-5-2-3-9-18-11)13-7-4-6-12(16)14(13)15(17)19-21/h2-7,9,21H,8,10H2,1H3,(H2,17,19). The van der Waals surface area contributed by atoms with Gasteiger partial charge in [-0.05, 0) is 24.3 Å². The summed E-state index contributed by atoms with van der Waals surface area (Å²) in [5.74, 6) is -0.764. The molecular weight excluding hydrogens is 271 g/mol. The number of pyridine rings is 1. The van der Waals surface area contributed by atoms with Crippen molar-refractivity contribution in [3.63, 3.8) is 0 Å². The highest BCUT2D eigenvalue weighted by Gasteiger charge is 2.15. The summed E-state index contributed by atoms with van der Waals surface area (Å²) in [6.07, 6.45) is 2.45. The van der Waals surface area contributed by atoms with E-state index in [0.29, 0.717) is 18.7 Å². The smallest absolute Gasteiger partial charge is 0.175 e. The number of likely N-dealkylation sites (N-methyl/N-ethyl adjacent to an activating group) is 1. The largest absolute Gasteiger partial charge is 0.409 e. The fourth-order valence-electron chi connectivity index (χ4n) is 2.08. The highest BCUT2D eigenvalue weighted by molar-refractivity contribution is 6.02. The van der Waals surface area contributed by atoms with Crippen LogP contribution >= 0.6 is 0 Å². The molecule has 21 heavy (non-hydrogen) atoms. The van der Waals surface area contributed by atoms with Crippen molar-refractivity contribution in [1.29, 1.82) is 0 Å². The molecule has 0 amide bonds. The van der Waals surface area contributed by atoms with Crippen LogP contribution in [0, 0.1) is 5.82 Å². The maximum atomic E-state index is 13.9. The minimum atomic E-state index is -0.521. The van der Waals surface area contributed by atoms with E-state index in [1.54, 1.807) is 18.3 Å². The molecule has 0 atom stereocenters. The van der Waals surface area contributed by atoms with E-state index >= 15 is 0 Å². The average Bonchev–Trinajstić information content (AvgIpc) is 2.52. The first-order chi connectivity index (χ1) is 10.1. The molecule has 6 heteroatoms. The van der Waals surface area contributed by atoms with Gasteiger partial charge in [-0.25, -0.2) is 4.39 Å². The van der Waals surface area contributed by atoms with Crippen molar-refractivity contribution in [3.05, 3.63) is 59.7 Å². The molecule has 0 saturated heterocycles. The van der Waals surface area contributed by atoms with Gasteiger partial charge in [0.05, 0.1) is 11.3 Å². The van der Waals surface area contributed by atoms with Crippen LogP contribution in [-0.2, 0) is 6.42 Å². The fourth-order valence-corrected chi connectivity index (χ4v) is 2.08. The van der Waals surface area contributed by atoms with Crippen LogP contribution in [0.3, 0.4) is 0 Å². The van der Waals surface area contributed by atoms with Crippen LogP contribution in [0.15, 0.2) is 47.8 Å². The number of nitrogens with two attached hydrogens (primary N) is 1. The molecule has 2 aromatic rings. The Balaban J connectivity index is 2.19. The van der Waals surface area contributed by atoms with Crippen molar-refractivity contribution >= 4 is 11.5 Å². The van der Waals surface area contributed by atoms with Crippen LogP contribution in [0.5, 0.6) is 0 Å². The topological polar surface area (TPSA) is 74.7 Å². The summed E-state index contributed by atoms with van der Waals surface area (Å²) in [4.78, 5) is 6.10. The summed E-state index contributed by atoms with van der Waals surface area (Å²) < 4.78 is 13.9. The van der Waals surface area contributed by atoms with Gasteiger partial charge >= 0.3 is 0 Å². The summed E-state index contributed by atoms with van der Waals surface area (Å²) >= 11 is 0. The fraction of sp³-hybridized carbons (Fsp3) is 0.200. The van der Waals surface area contributed by atoms with Gasteiger partial charge in [0.25, 0.3) is 0 Å². The summed E-state index contributed by atoms with van der Waals surface area (Å²) in [6.45, 7) is 0.631. The van der Waals surface area contributed by atoms with E-state index in [1.807, 2.05) is 30.1 Å². The van der Waals surface area contributed by atoms with Crippen LogP contribution in [0.4, 0.5) is 10.1 Å². The Morgan fingerprint density at radius 1 is 1.33 bits per heavy atom. The Morgan fingerprint density at radius 2 is 2.14 bits per heavy atom. The SMILES string of the molecule is CN(CCc1ccccn1)c1cccc(F)c1C(N)=NO. The summed E-state index contributed by atoms with van der Waals surface area (Å²) in [6, 6.07) is 10.3. The second-order valence-electron chi connectivity index (χ2n) is 4.61. The Morgan fingerprint density at radius 3 is 2.81 bits per heavy atom. The monoisotopic (exact) mass is 288 g/mol. The Kier molecular flexibility index (Phi) is 4.71. The van der Waals surface area contributed by atoms with Crippen molar-refractivity contribution < 1.29 is 9.60 Å². The third-order valence-electron chi connectivity index (χ3n) is 3.20. The molecule has 110 valence electrons.